The van der Waals surface area contributed by atoms with Gasteiger partial charge in [0.2, 0.25) is 9.84 Å². The molecule has 0 heterocycles. The molecular weight excluding hydrogens is 380 g/mol. The lowest BCUT2D eigenvalue weighted by Gasteiger charge is -2.34. The molecule has 3 atom stereocenters. The Labute approximate surface area is 157 Å². The highest BCUT2D eigenvalue weighted by Crippen LogP contribution is 2.29. The van der Waals surface area contributed by atoms with E-state index in [1.165, 1.54) is 0 Å². The second kappa shape index (κ2) is 8.77. The lowest BCUT2D eigenvalue weighted by Crippen LogP contribution is -2.45. The van der Waals surface area contributed by atoms with Crippen molar-refractivity contribution in [1.82, 2.24) is 5.32 Å². The number of hydrogen-bond acceptors (Lipinski definition) is 5. The van der Waals surface area contributed by atoms with E-state index >= 15 is 0 Å². The number of benzene rings is 1. The number of hydrogen-bond donors (Lipinski definition) is 1. The number of sulfone groups is 1. The Morgan fingerprint density at radius 1 is 1.19 bits per heavy atom. The highest BCUT2D eigenvalue weighted by molar-refractivity contribution is 7.91. The number of carbonyl (C=O) groups is 2. The molecule has 27 heavy (non-hydrogen) atoms. The van der Waals surface area contributed by atoms with Gasteiger partial charge in [-0.3, -0.25) is 4.79 Å². The van der Waals surface area contributed by atoms with Crippen LogP contribution < -0.4 is 5.32 Å². The Morgan fingerprint density at radius 2 is 1.81 bits per heavy atom. The molecule has 1 fully saturated rings. The summed E-state index contributed by atoms with van der Waals surface area (Å²) in [6.07, 6.45) is 3.04. The lowest BCUT2D eigenvalue weighted by molar-refractivity contribution is -0.125. The second-order valence-corrected chi connectivity index (χ2v) is 8.77. The monoisotopic (exact) mass is 403 g/mol. The van der Waals surface area contributed by atoms with Crippen molar-refractivity contribution < 1.29 is 31.5 Å². The van der Waals surface area contributed by atoms with E-state index in [2.05, 4.69) is 19.2 Å². The van der Waals surface area contributed by atoms with Crippen molar-refractivity contribution in [3.05, 3.63) is 29.8 Å². The summed E-state index contributed by atoms with van der Waals surface area (Å²) >= 11 is 0. The van der Waals surface area contributed by atoms with Gasteiger partial charge in [0.1, 0.15) is 0 Å². The van der Waals surface area contributed by atoms with E-state index in [4.69, 9.17) is 4.74 Å². The Kier molecular flexibility index (Phi) is 6.91. The maximum absolute atomic E-state index is 12.5. The van der Waals surface area contributed by atoms with E-state index < -0.39 is 39.0 Å². The smallest absolute Gasteiger partial charge is 0.341 e. The molecule has 6 nitrogen and oxygen atoms in total. The minimum atomic E-state index is -4.72. The lowest BCUT2D eigenvalue weighted by atomic mass is 9.78. The van der Waals surface area contributed by atoms with Crippen LogP contribution in [-0.4, -0.2) is 38.7 Å². The fraction of sp³-hybridized carbons (Fsp3) is 0.556. The van der Waals surface area contributed by atoms with Crippen LogP contribution in [0.1, 0.15) is 43.5 Å². The highest BCUT2D eigenvalue weighted by Gasteiger charge is 2.29. The summed E-state index contributed by atoms with van der Waals surface area (Å²) in [4.78, 5) is 23.4. The summed E-state index contributed by atoms with van der Waals surface area (Å²) in [5, 5.41) is 2.87. The van der Waals surface area contributed by atoms with E-state index in [1.807, 2.05) is 0 Å². The van der Waals surface area contributed by atoms with Gasteiger partial charge in [-0.05, 0) is 42.5 Å². The molecule has 0 aliphatic heterocycles. The largest absolute Gasteiger partial charge is 0.452 e. The Balaban J connectivity index is 1.89. The van der Waals surface area contributed by atoms with E-state index in [0.717, 1.165) is 43.5 Å². The zero-order valence-electron chi connectivity index (χ0n) is 15.2. The topological polar surface area (TPSA) is 89.5 Å². The summed E-state index contributed by atoms with van der Waals surface area (Å²) in [7, 11) is -4.72. The third-order valence-corrected chi connectivity index (χ3v) is 6.44. The van der Waals surface area contributed by atoms with Crippen molar-refractivity contribution in [3.8, 4) is 0 Å². The van der Waals surface area contributed by atoms with Crippen LogP contribution in [-0.2, 0) is 19.4 Å². The van der Waals surface area contributed by atoms with Crippen LogP contribution >= 0.6 is 0 Å². The van der Waals surface area contributed by atoms with E-state index in [1.54, 1.807) is 0 Å². The quantitative estimate of drug-likeness (QED) is 0.738. The third-order valence-electron chi connectivity index (χ3n) is 5.04. The number of amides is 1. The summed E-state index contributed by atoms with van der Waals surface area (Å²) in [6, 6.07) is 3.99. The highest BCUT2D eigenvalue weighted by atomic mass is 32.2. The van der Waals surface area contributed by atoms with Crippen LogP contribution in [0, 0.1) is 11.8 Å². The minimum absolute atomic E-state index is 0.0318. The molecule has 0 radical (unpaired) electrons. The van der Waals surface area contributed by atoms with E-state index in [9.17, 15) is 26.8 Å². The normalized spacial score (nSPS) is 23.1. The van der Waals surface area contributed by atoms with Gasteiger partial charge in [0.15, 0.2) is 6.61 Å². The molecule has 0 spiro atoms. The first kappa shape index (κ1) is 21.3. The number of rotatable bonds is 6. The molecule has 1 aliphatic carbocycles. The average molecular weight is 403 g/mol. The van der Waals surface area contributed by atoms with Crippen molar-refractivity contribution in [2.45, 2.75) is 49.8 Å². The van der Waals surface area contributed by atoms with Gasteiger partial charge < -0.3 is 10.1 Å². The van der Waals surface area contributed by atoms with E-state index in [0.29, 0.717) is 11.8 Å². The molecule has 2 rings (SSSR count). The molecule has 1 aliphatic rings. The summed E-state index contributed by atoms with van der Waals surface area (Å²) in [5.74, 6) is -3.94. The molecule has 0 aromatic heterocycles. The SMILES string of the molecule is C[C@@H]1[C@H](C)CCC[C@H]1NC(=O)COC(=O)c1ccc(S(=O)(=O)C(F)F)cc1. The van der Waals surface area contributed by atoms with Crippen molar-refractivity contribution >= 4 is 21.7 Å². The predicted octanol–water partition coefficient (Wildman–Crippen LogP) is 2.78. The first-order valence-electron chi connectivity index (χ1n) is 8.71. The number of nitrogens with one attached hydrogen (secondary N) is 1. The summed E-state index contributed by atoms with van der Waals surface area (Å²) in [5.41, 5.74) is -0.0318. The zero-order chi connectivity index (χ0) is 20.2. The molecule has 0 saturated heterocycles. The van der Waals surface area contributed by atoms with Gasteiger partial charge in [0.05, 0.1) is 10.5 Å². The number of carbonyl (C=O) groups excluding carboxylic acids is 2. The predicted molar refractivity (Wildman–Crippen MR) is 94.0 cm³/mol. The fourth-order valence-corrected chi connectivity index (χ4v) is 3.85. The molecule has 1 amide bonds. The first-order valence-corrected chi connectivity index (χ1v) is 10.3. The summed E-state index contributed by atoms with van der Waals surface area (Å²) in [6.45, 7) is 3.75. The standard InChI is InChI=1S/C18H23F2NO5S/c1-11-4-3-5-15(12(11)2)21-16(22)10-26-17(23)13-6-8-14(9-7-13)27(24,25)18(19)20/h6-9,11-12,15,18H,3-5,10H2,1-2H3,(H,21,22)/t11-,12-,15-/m1/s1. The van der Waals surface area contributed by atoms with Crippen LogP contribution in [0.15, 0.2) is 29.2 Å². The van der Waals surface area contributed by atoms with Crippen molar-refractivity contribution in [1.29, 1.82) is 0 Å². The van der Waals surface area contributed by atoms with Gasteiger partial charge in [-0.15, -0.1) is 0 Å². The first-order chi connectivity index (χ1) is 12.6. The third kappa shape index (κ3) is 5.24. The van der Waals surface area contributed by atoms with Crippen LogP contribution in [0.4, 0.5) is 8.78 Å². The minimum Gasteiger partial charge on any atom is -0.452 e. The molecular formula is C18H23F2NO5S. The fourth-order valence-electron chi connectivity index (χ4n) is 3.13. The van der Waals surface area contributed by atoms with Crippen molar-refractivity contribution in [3.63, 3.8) is 0 Å². The molecule has 0 bridgehead atoms. The number of esters is 1. The number of ether oxygens (including phenoxy) is 1. The maximum atomic E-state index is 12.5. The second-order valence-electron chi connectivity index (χ2n) is 6.85. The molecule has 1 aromatic carbocycles. The zero-order valence-corrected chi connectivity index (χ0v) is 16.0. The molecule has 1 saturated carbocycles. The van der Waals surface area contributed by atoms with E-state index in [-0.39, 0.29) is 11.6 Å². The maximum Gasteiger partial charge on any atom is 0.341 e. The molecule has 150 valence electrons. The van der Waals surface area contributed by atoms with Crippen molar-refractivity contribution in [2.24, 2.45) is 11.8 Å². The van der Waals surface area contributed by atoms with Gasteiger partial charge in [0, 0.05) is 6.04 Å². The van der Waals surface area contributed by atoms with Crippen LogP contribution in [0.5, 0.6) is 0 Å². The Hall–Kier alpha value is -2.03. The summed E-state index contributed by atoms with van der Waals surface area (Å²) < 4.78 is 52.6. The van der Waals surface area contributed by atoms with Gasteiger partial charge >= 0.3 is 11.7 Å². The molecule has 1 N–H and O–H groups in total. The molecule has 9 heteroatoms. The van der Waals surface area contributed by atoms with Gasteiger partial charge in [-0.1, -0.05) is 26.7 Å². The van der Waals surface area contributed by atoms with Crippen LogP contribution in [0.2, 0.25) is 0 Å². The van der Waals surface area contributed by atoms with Gasteiger partial charge in [-0.25, -0.2) is 13.2 Å². The number of alkyl halides is 2. The van der Waals surface area contributed by atoms with Gasteiger partial charge in [-0.2, -0.15) is 8.78 Å². The number of halogens is 2. The Morgan fingerprint density at radius 3 is 2.41 bits per heavy atom. The average Bonchev–Trinajstić information content (AvgIpc) is 2.63. The van der Waals surface area contributed by atoms with Crippen LogP contribution in [0.3, 0.4) is 0 Å². The molecule has 0 unspecified atom stereocenters. The van der Waals surface area contributed by atoms with Crippen LogP contribution in [0.25, 0.3) is 0 Å². The molecule has 1 aromatic rings. The van der Waals surface area contributed by atoms with Gasteiger partial charge in [0.25, 0.3) is 5.91 Å². The Bertz CT molecular complexity index is 779. The van der Waals surface area contributed by atoms with Crippen molar-refractivity contribution in [2.75, 3.05) is 6.61 Å².